The van der Waals surface area contributed by atoms with Gasteiger partial charge in [-0.2, -0.15) is 0 Å². The number of hydrogen-bond acceptors (Lipinski definition) is 1. The molecule has 3 unspecified atom stereocenters. The fourth-order valence-corrected chi connectivity index (χ4v) is 2.56. The van der Waals surface area contributed by atoms with E-state index in [-0.39, 0.29) is 22.7 Å². The van der Waals surface area contributed by atoms with E-state index in [0.717, 1.165) is 12.8 Å². The Kier molecular flexibility index (Phi) is 3.11. The van der Waals surface area contributed by atoms with Crippen LogP contribution in [0.25, 0.3) is 0 Å². The Bertz CT molecular complexity index is 382. The smallest absolute Gasteiger partial charge is 0.126 e. The lowest BCUT2D eigenvalue weighted by atomic mass is 9.65. The Labute approximate surface area is 101 Å². The molecule has 88 valence electrons. The predicted molar refractivity (Wildman–Crippen MR) is 63.5 cm³/mol. The van der Waals surface area contributed by atoms with Gasteiger partial charge in [0.25, 0.3) is 0 Å². The van der Waals surface area contributed by atoms with Gasteiger partial charge in [-0.25, -0.2) is 4.39 Å². The standard InChI is InChI=1S/C13H16ClFO/c1-3-13(2)11(14)8-12(13)16-10-6-4-5-9(15)7-10/h4-7,11-12H,3,8H2,1-2H3. The van der Waals surface area contributed by atoms with Crippen molar-refractivity contribution in [2.24, 2.45) is 5.41 Å². The van der Waals surface area contributed by atoms with Gasteiger partial charge >= 0.3 is 0 Å². The van der Waals surface area contributed by atoms with E-state index in [1.807, 2.05) is 0 Å². The molecule has 16 heavy (non-hydrogen) atoms. The highest BCUT2D eigenvalue weighted by molar-refractivity contribution is 6.21. The molecule has 2 rings (SSSR count). The summed E-state index contributed by atoms with van der Waals surface area (Å²) >= 11 is 6.19. The second-order valence-electron chi connectivity index (χ2n) is 4.63. The van der Waals surface area contributed by atoms with Crippen molar-refractivity contribution >= 4 is 11.6 Å². The fraction of sp³-hybridized carbons (Fsp3) is 0.538. The van der Waals surface area contributed by atoms with Crippen LogP contribution in [0.2, 0.25) is 0 Å². The SMILES string of the molecule is CCC1(C)C(Cl)CC1Oc1cccc(F)c1. The maximum absolute atomic E-state index is 13.0. The molecule has 1 nitrogen and oxygen atoms in total. The van der Waals surface area contributed by atoms with E-state index >= 15 is 0 Å². The van der Waals surface area contributed by atoms with E-state index in [0.29, 0.717) is 5.75 Å². The summed E-state index contributed by atoms with van der Waals surface area (Å²) in [4.78, 5) is 0. The normalized spacial score (nSPS) is 33.2. The van der Waals surface area contributed by atoms with Gasteiger partial charge in [0, 0.05) is 23.3 Å². The minimum Gasteiger partial charge on any atom is -0.490 e. The lowest BCUT2D eigenvalue weighted by molar-refractivity contribution is -0.0296. The molecule has 3 heteroatoms. The van der Waals surface area contributed by atoms with Crippen molar-refractivity contribution in [1.29, 1.82) is 0 Å². The van der Waals surface area contributed by atoms with Gasteiger partial charge in [-0.05, 0) is 18.6 Å². The van der Waals surface area contributed by atoms with Crippen molar-refractivity contribution in [3.05, 3.63) is 30.1 Å². The van der Waals surface area contributed by atoms with Crippen LogP contribution in [0.3, 0.4) is 0 Å². The summed E-state index contributed by atoms with van der Waals surface area (Å²) in [6, 6.07) is 6.26. The summed E-state index contributed by atoms with van der Waals surface area (Å²) in [6.07, 6.45) is 1.91. The van der Waals surface area contributed by atoms with Gasteiger partial charge in [0.05, 0.1) is 0 Å². The number of hydrogen-bond donors (Lipinski definition) is 0. The highest BCUT2D eigenvalue weighted by Crippen LogP contribution is 2.49. The number of halogens is 2. The van der Waals surface area contributed by atoms with Crippen molar-refractivity contribution in [3.63, 3.8) is 0 Å². The largest absolute Gasteiger partial charge is 0.490 e. The summed E-state index contributed by atoms with van der Waals surface area (Å²) < 4.78 is 18.8. The molecule has 0 heterocycles. The molecule has 1 aromatic carbocycles. The molecule has 0 N–H and O–H groups in total. The quantitative estimate of drug-likeness (QED) is 0.728. The molecule has 1 aliphatic rings. The second kappa shape index (κ2) is 4.25. The van der Waals surface area contributed by atoms with Gasteiger partial charge in [-0.3, -0.25) is 0 Å². The number of ether oxygens (including phenoxy) is 1. The van der Waals surface area contributed by atoms with Gasteiger partial charge in [-0.1, -0.05) is 19.9 Å². The predicted octanol–water partition coefficient (Wildman–Crippen LogP) is 4.00. The van der Waals surface area contributed by atoms with Crippen molar-refractivity contribution in [2.45, 2.75) is 38.2 Å². The van der Waals surface area contributed by atoms with Crippen LogP contribution in [0.15, 0.2) is 24.3 Å². The Morgan fingerprint density at radius 1 is 1.56 bits per heavy atom. The van der Waals surface area contributed by atoms with Crippen LogP contribution in [0.5, 0.6) is 5.75 Å². The third-order valence-corrected chi connectivity index (χ3v) is 4.39. The first-order chi connectivity index (χ1) is 7.56. The van der Waals surface area contributed by atoms with Crippen LogP contribution in [-0.4, -0.2) is 11.5 Å². The van der Waals surface area contributed by atoms with Crippen molar-refractivity contribution < 1.29 is 9.13 Å². The van der Waals surface area contributed by atoms with Crippen LogP contribution in [-0.2, 0) is 0 Å². The average Bonchev–Trinajstić information content (AvgIpc) is 2.27. The van der Waals surface area contributed by atoms with Gasteiger partial charge in [0.1, 0.15) is 17.7 Å². The molecule has 0 aliphatic heterocycles. The minimum absolute atomic E-state index is 0.00781. The fourth-order valence-electron chi connectivity index (χ4n) is 2.10. The highest BCUT2D eigenvalue weighted by Gasteiger charge is 2.51. The first-order valence-corrected chi connectivity index (χ1v) is 6.06. The van der Waals surface area contributed by atoms with Gasteiger partial charge in [-0.15, -0.1) is 11.6 Å². The van der Waals surface area contributed by atoms with E-state index < -0.39 is 0 Å². The maximum Gasteiger partial charge on any atom is 0.126 e. The second-order valence-corrected chi connectivity index (χ2v) is 5.15. The van der Waals surface area contributed by atoms with Gasteiger partial charge < -0.3 is 4.74 Å². The summed E-state index contributed by atoms with van der Waals surface area (Å²) in [5, 5.41) is 0.163. The van der Waals surface area contributed by atoms with Crippen molar-refractivity contribution in [2.75, 3.05) is 0 Å². The zero-order valence-electron chi connectivity index (χ0n) is 9.54. The molecule has 0 amide bonds. The molecular formula is C13H16ClFO. The van der Waals surface area contributed by atoms with Crippen molar-refractivity contribution in [1.82, 2.24) is 0 Å². The molecular weight excluding hydrogens is 227 g/mol. The molecule has 0 bridgehead atoms. The number of alkyl halides is 1. The lowest BCUT2D eigenvalue weighted by Crippen LogP contribution is -2.55. The molecule has 0 radical (unpaired) electrons. The zero-order chi connectivity index (χ0) is 11.8. The number of rotatable bonds is 3. The summed E-state index contributed by atoms with van der Waals surface area (Å²) in [6.45, 7) is 4.23. The molecule has 0 saturated heterocycles. The van der Waals surface area contributed by atoms with E-state index in [9.17, 15) is 4.39 Å². The van der Waals surface area contributed by atoms with Crippen molar-refractivity contribution in [3.8, 4) is 5.75 Å². The Hall–Kier alpha value is -0.760. The van der Waals surface area contributed by atoms with Crippen LogP contribution < -0.4 is 4.74 Å². The Morgan fingerprint density at radius 3 is 2.88 bits per heavy atom. The first-order valence-electron chi connectivity index (χ1n) is 5.62. The third kappa shape index (κ3) is 1.91. The Morgan fingerprint density at radius 2 is 2.31 bits per heavy atom. The zero-order valence-corrected chi connectivity index (χ0v) is 10.3. The first kappa shape index (κ1) is 11.7. The molecule has 1 aliphatic carbocycles. The summed E-state index contributed by atoms with van der Waals surface area (Å²) in [5.74, 6) is 0.325. The van der Waals surface area contributed by atoms with Crippen LogP contribution in [0.1, 0.15) is 26.7 Å². The minimum atomic E-state index is -0.266. The monoisotopic (exact) mass is 242 g/mol. The Balaban J connectivity index is 2.06. The van der Waals surface area contributed by atoms with Gasteiger partial charge in [0.2, 0.25) is 0 Å². The molecule has 0 aromatic heterocycles. The third-order valence-electron chi connectivity index (χ3n) is 3.71. The molecule has 1 fully saturated rings. The van der Waals surface area contributed by atoms with E-state index in [1.54, 1.807) is 12.1 Å². The average molecular weight is 243 g/mol. The van der Waals surface area contributed by atoms with Gasteiger partial charge in [0.15, 0.2) is 0 Å². The van der Waals surface area contributed by atoms with E-state index in [1.165, 1.54) is 12.1 Å². The summed E-state index contributed by atoms with van der Waals surface area (Å²) in [7, 11) is 0. The lowest BCUT2D eigenvalue weighted by Gasteiger charge is -2.50. The maximum atomic E-state index is 13.0. The molecule has 1 saturated carbocycles. The number of benzene rings is 1. The van der Waals surface area contributed by atoms with E-state index in [4.69, 9.17) is 16.3 Å². The molecule has 0 spiro atoms. The van der Waals surface area contributed by atoms with Crippen LogP contribution in [0, 0.1) is 11.2 Å². The topological polar surface area (TPSA) is 9.23 Å². The van der Waals surface area contributed by atoms with Crippen LogP contribution in [0.4, 0.5) is 4.39 Å². The van der Waals surface area contributed by atoms with E-state index in [2.05, 4.69) is 13.8 Å². The highest BCUT2D eigenvalue weighted by atomic mass is 35.5. The molecule has 1 aromatic rings. The summed E-state index contributed by atoms with van der Waals surface area (Å²) in [5.41, 5.74) is 0.00781. The van der Waals surface area contributed by atoms with Crippen LogP contribution >= 0.6 is 11.6 Å². The molecule has 3 atom stereocenters.